The highest BCUT2D eigenvalue weighted by Gasteiger charge is 2.02. The largest absolute Gasteiger partial charge is 0.299 e. The van der Waals surface area contributed by atoms with Crippen molar-refractivity contribution in [2.45, 2.75) is 32.6 Å². The fraction of sp³-hybridized carbons (Fsp3) is 0.235. The molecule has 0 atom stereocenters. The summed E-state index contributed by atoms with van der Waals surface area (Å²) in [6.07, 6.45) is 0.692. The van der Waals surface area contributed by atoms with Crippen LogP contribution in [0.2, 0.25) is 0 Å². The number of aryl methyl sites for hydroxylation is 2. The van der Waals surface area contributed by atoms with Gasteiger partial charge in [0.25, 0.3) is 0 Å². The molecule has 0 fully saturated rings. The molecule has 2 aromatic rings. The SMILES string of the molecule is CC.Cc1ccc(-c2ccc(SNC=O)c(C)c2)cc1. The van der Waals surface area contributed by atoms with E-state index in [9.17, 15) is 4.79 Å². The lowest BCUT2D eigenvalue weighted by molar-refractivity contribution is -0.107. The molecule has 0 radical (unpaired) electrons. The van der Waals surface area contributed by atoms with Crippen molar-refractivity contribution in [3.63, 3.8) is 0 Å². The summed E-state index contributed by atoms with van der Waals surface area (Å²) in [4.78, 5) is 11.3. The number of hydrogen-bond acceptors (Lipinski definition) is 2. The minimum absolute atomic E-state index is 0.692. The van der Waals surface area contributed by atoms with E-state index in [2.05, 4.69) is 48.0 Å². The Morgan fingerprint density at radius 3 is 2.10 bits per heavy atom. The third-order valence-electron chi connectivity index (χ3n) is 2.78. The Morgan fingerprint density at radius 2 is 1.55 bits per heavy atom. The molecule has 3 heteroatoms. The van der Waals surface area contributed by atoms with Crippen LogP contribution in [0.5, 0.6) is 0 Å². The van der Waals surface area contributed by atoms with E-state index in [1.54, 1.807) is 0 Å². The third kappa shape index (κ3) is 4.42. The predicted molar refractivity (Wildman–Crippen MR) is 87.8 cm³/mol. The number of benzene rings is 2. The van der Waals surface area contributed by atoms with Crippen molar-refractivity contribution >= 4 is 18.4 Å². The zero-order chi connectivity index (χ0) is 15.0. The molecule has 2 rings (SSSR count). The van der Waals surface area contributed by atoms with E-state index in [1.807, 2.05) is 26.8 Å². The number of nitrogens with one attached hydrogen (secondary N) is 1. The number of rotatable bonds is 4. The van der Waals surface area contributed by atoms with E-state index < -0.39 is 0 Å². The lowest BCUT2D eigenvalue weighted by Gasteiger charge is -2.08. The molecule has 0 heterocycles. The summed E-state index contributed by atoms with van der Waals surface area (Å²) < 4.78 is 2.61. The van der Waals surface area contributed by atoms with Crippen LogP contribution in [-0.4, -0.2) is 6.41 Å². The fourth-order valence-corrected chi connectivity index (χ4v) is 2.31. The van der Waals surface area contributed by atoms with Crippen LogP contribution in [0.1, 0.15) is 25.0 Å². The smallest absolute Gasteiger partial charge is 0.217 e. The van der Waals surface area contributed by atoms with E-state index in [0.29, 0.717) is 6.41 Å². The number of amides is 1. The van der Waals surface area contributed by atoms with Crippen LogP contribution in [0.25, 0.3) is 11.1 Å². The van der Waals surface area contributed by atoms with E-state index in [4.69, 9.17) is 0 Å². The zero-order valence-electron chi connectivity index (χ0n) is 12.4. The molecule has 0 bridgehead atoms. The van der Waals surface area contributed by atoms with Gasteiger partial charge in [-0.25, -0.2) is 0 Å². The van der Waals surface area contributed by atoms with Crippen LogP contribution in [0, 0.1) is 13.8 Å². The molecular weight excluding hydrogens is 266 g/mol. The van der Waals surface area contributed by atoms with Crippen LogP contribution >= 0.6 is 11.9 Å². The molecule has 0 aliphatic rings. The maximum atomic E-state index is 10.3. The van der Waals surface area contributed by atoms with Gasteiger partial charge in [0, 0.05) is 4.90 Å². The topological polar surface area (TPSA) is 29.1 Å². The summed E-state index contributed by atoms with van der Waals surface area (Å²) in [6.45, 7) is 8.13. The lowest BCUT2D eigenvalue weighted by atomic mass is 10.0. The molecule has 0 spiro atoms. The van der Waals surface area contributed by atoms with Gasteiger partial charge in [-0.15, -0.1) is 0 Å². The van der Waals surface area contributed by atoms with Gasteiger partial charge in [-0.05, 0) is 48.6 Å². The summed E-state index contributed by atoms with van der Waals surface area (Å²) in [7, 11) is 0. The molecule has 2 aromatic carbocycles. The van der Waals surface area contributed by atoms with Gasteiger partial charge in [0.2, 0.25) is 6.41 Å². The Labute approximate surface area is 125 Å². The molecule has 0 saturated heterocycles. The number of carbonyl (C=O) groups is 1. The minimum Gasteiger partial charge on any atom is -0.299 e. The van der Waals surface area contributed by atoms with Gasteiger partial charge in [-0.1, -0.05) is 55.8 Å². The fourth-order valence-electron chi connectivity index (χ4n) is 1.78. The van der Waals surface area contributed by atoms with Gasteiger partial charge in [0.1, 0.15) is 0 Å². The molecule has 106 valence electrons. The van der Waals surface area contributed by atoms with E-state index in [0.717, 1.165) is 10.5 Å². The van der Waals surface area contributed by atoms with Crippen molar-refractivity contribution < 1.29 is 4.79 Å². The average molecular weight is 287 g/mol. The molecule has 20 heavy (non-hydrogen) atoms. The summed E-state index contributed by atoms with van der Waals surface area (Å²) >= 11 is 1.34. The van der Waals surface area contributed by atoms with Gasteiger partial charge in [-0.2, -0.15) is 0 Å². The first-order chi connectivity index (χ1) is 9.70. The molecule has 0 saturated carbocycles. The van der Waals surface area contributed by atoms with Gasteiger partial charge in [-0.3, -0.25) is 9.52 Å². The normalized spacial score (nSPS) is 9.40. The third-order valence-corrected chi connectivity index (χ3v) is 3.67. The van der Waals surface area contributed by atoms with E-state index in [1.165, 1.54) is 28.6 Å². The number of carbonyl (C=O) groups excluding carboxylic acids is 1. The van der Waals surface area contributed by atoms with Crippen molar-refractivity contribution in [3.8, 4) is 11.1 Å². The second kappa shape index (κ2) is 8.43. The summed E-state index contributed by atoms with van der Waals surface area (Å²) in [6, 6.07) is 14.7. The average Bonchev–Trinajstić information content (AvgIpc) is 2.49. The maximum Gasteiger partial charge on any atom is 0.217 e. The summed E-state index contributed by atoms with van der Waals surface area (Å²) in [5.74, 6) is 0. The Kier molecular flexibility index (Phi) is 6.88. The first kappa shape index (κ1) is 16.3. The Morgan fingerprint density at radius 1 is 0.950 bits per heavy atom. The zero-order valence-corrected chi connectivity index (χ0v) is 13.3. The molecule has 1 N–H and O–H groups in total. The van der Waals surface area contributed by atoms with Crippen LogP contribution in [0.3, 0.4) is 0 Å². The quantitative estimate of drug-likeness (QED) is 0.649. The van der Waals surface area contributed by atoms with Crippen LogP contribution in [-0.2, 0) is 4.79 Å². The highest BCUT2D eigenvalue weighted by molar-refractivity contribution is 7.98. The molecule has 0 aliphatic heterocycles. The van der Waals surface area contributed by atoms with Crippen LogP contribution in [0.4, 0.5) is 0 Å². The molecule has 0 aliphatic carbocycles. The Bertz CT molecular complexity index is 549. The van der Waals surface area contributed by atoms with Gasteiger partial charge in [0.05, 0.1) is 0 Å². The minimum atomic E-state index is 0.692. The van der Waals surface area contributed by atoms with Crippen molar-refractivity contribution in [2.24, 2.45) is 0 Å². The lowest BCUT2D eigenvalue weighted by Crippen LogP contribution is -1.98. The van der Waals surface area contributed by atoms with E-state index >= 15 is 0 Å². The van der Waals surface area contributed by atoms with Crippen molar-refractivity contribution in [2.75, 3.05) is 0 Å². The van der Waals surface area contributed by atoms with Crippen LogP contribution < -0.4 is 4.72 Å². The standard InChI is InChI=1S/C15H15NOS.C2H6/c1-11-3-5-13(6-4-11)14-7-8-15(12(2)9-14)18-16-10-17;1-2/h3-10H,1-2H3,(H,16,17);1-2H3. The molecular formula is C17H21NOS. The van der Waals surface area contributed by atoms with Crippen molar-refractivity contribution in [1.29, 1.82) is 0 Å². The Balaban J connectivity index is 0.000000956. The molecule has 0 unspecified atom stereocenters. The monoisotopic (exact) mass is 287 g/mol. The summed E-state index contributed by atoms with van der Waals surface area (Å²) in [5.41, 5.74) is 4.83. The highest BCUT2D eigenvalue weighted by atomic mass is 32.2. The second-order valence-corrected chi connectivity index (χ2v) is 5.06. The van der Waals surface area contributed by atoms with Crippen LogP contribution in [0.15, 0.2) is 47.4 Å². The second-order valence-electron chi connectivity index (χ2n) is 4.18. The first-order valence-electron chi connectivity index (χ1n) is 6.74. The molecule has 0 aromatic heterocycles. The highest BCUT2D eigenvalue weighted by Crippen LogP contribution is 2.26. The van der Waals surface area contributed by atoms with Gasteiger partial charge in [0.15, 0.2) is 0 Å². The van der Waals surface area contributed by atoms with Gasteiger partial charge < -0.3 is 0 Å². The summed E-state index contributed by atoms with van der Waals surface area (Å²) in [5, 5.41) is 0. The van der Waals surface area contributed by atoms with Gasteiger partial charge >= 0.3 is 0 Å². The molecule has 2 nitrogen and oxygen atoms in total. The first-order valence-corrected chi connectivity index (χ1v) is 7.56. The maximum absolute atomic E-state index is 10.3. The Hall–Kier alpha value is -1.74. The molecule has 1 amide bonds. The number of hydrogen-bond donors (Lipinski definition) is 1. The van der Waals surface area contributed by atoms with Crippen molar-refractivity contribution in [3.05, 3.63) is 53.6 Å². The predicted octanol–water partition coefficient (Wildman–Crippen LogP) is 4.75. The van der Waals surface area contributed by atoms with Crippen molar-refractivity contribution in [1.82, 2.24) is 4.72 Å². The van der Waals surface area contributed by atoms with E-state index in [-0.39, 0.29) is 0 Å².